The van der Waals surface area contributed by atoms with E-state index >= 15 is 0 Å². The Bertz CT molecular complexity index is 383. The highest BCUT2D eigenvalue weighted by atomic mass is 16.4. The summed E-state index contributed by atoms with van der Waals surface area (Å²) < 4.78 is 0. The number of hydrogen-bond donors (Lipinski definition) is 2. The van der Waals surface area contributed by atoms with E-state index in [9.17, 15) is 9.59 Å². The first kappa shape index (κ1) is 14.3. The fourth-order valence-corrected chi connectivity index (χ4v) is 3.41. The number of carboxylic acid groups (broad SMARTS) is 1. The van der Waals surface area contributed by atoms with Crippen molar-refractivity contribution in [2.45, 2.75) is 45.6 Å². The van der Waals surface area contributed by atoms with E-state index in [1.54, 1.807) is 0 Å². The van der Waals surface area contributed by atoms with Crippen LogP contribution >= 0.6 is 0 Å². The van der Waals surface area contributed by atoms with E-state index in [0.29, 0.717) is 13.0 Å². The minimum Gasteiger partial charge on any atom is -0.481 e. The molecular formula is C14H24N2O3. The molecule has 1 saturated carbocycles. The average molecular weight is 268 g/mol. The lowest BCUT2D eigenvalue weighted by molar-refractivity contribution is -0.141. The molecule has 1 spiro atoms. The fourth-order valence-electron chi connectivity index (χ4n) is 3.41. The predicted octanol–water partition coefficient (Wildman–Crippen LogP) is 1.07. The van der Waals surface area contributed by atoms with Gasteiger partial charge in [0.2, 0.25) is 5.91 Å². The Morgan fingerprint density at radius 1 is 1.37 bits per heavy atom. The van der Waals surface area contributed by atoms with Crippen molar-refractivity contribution in [3.63, 3.8) is 0 Å². The van der Waals surface area contributed by atoms with Crippen molar-refractivity contribution in [3.05, 3.63) is 0 Å². The Hall–Kier alpha value is -1.10. The van der Waals surface area contributed by atoms with Gasteiger partial charge in [-0.2, -0.15) is 0 Å². The molecule has 0 unspecified atom stereocenters. The molecule has 5 heteroatoms. The molecule has 1 saturated heterocycles. The number of carbonyl (C=O) groups is 2. The van der Waals surface area contributed by atoms with E-state index in [0.717, 1.165) is 25.8 Å². The lowest BCUT2D eigenvalue weighted by atomic mass is 9.84. The van der Waals surface area contributed by atoms with Crippen molar-refractivity contribution in [3.8, 4) is 0 Å². The van der Waals surface area contributed by atoms with Crippen LogP contribution in [0.1, 0.15) is 39.5 Å². The highest BCUT2D eigenvalue weighted by molar-refractivity contribution is 5.82. The Balaban J connectivity index is 1.97. The summed E-state index contributed by atoms with van der Waals surface area (Å²) in [6, 6.07) is -0.438. The molecule has 0 bridgehead atoms. The standard InChI is InChI=1S/C14H24N2O3/c1-9(2)11(15)12(17)16-6-5-14(8-16)4-3-10(7-14)13(18)19/h9-11H,3-8,15H2,1-2H3,(H,18,19)/t10-,11+,14-/m1/s1. The first-order chi connectivity index (χ1) is 8.84. The maximum Gasteiger partial charge on any atom is 0.306 e. The summed E-state index contributed by atoms with van der Waals surface area (Å²) in [6.45, 7) is 5.32. The molecule has 0 aromatic rings. The van der Waals surface area contributed by atoms with Crippen LogP contribution < -0.4 is 5.73 Å². The molecule has 1 aliphatic carbocycles. The summed E-state index contributed by atoms with van der Waals surface area (Å²) in [7, 11) is 0. The van der Waals surface area contributed by atoms with Gasteiger partial charge in [0.05, 0.1) is 12.0 Å². The minimum absolute atomic E-state index is 0.0191. The van der Waals surface area contributed by atoms with E-state index in [2.05, 4.69) is 0 Å². The summed E-state index contributed by atoms with van der Waals surface area (Å²) in [5.74, 6) is -0.764. The van der Waals surface area contributed by atoms with Crippen LogP contribution in [0.25, 0.3) is 0 Å². The maximum absolute atomic E-state index is 12.2. The molecule has 1 aliphatic heterocycles. The number of rotatable bonds is 3. The third-order valence-corrected chi connectivity index (χ3v) is 4.81. The molecule has 0 aromatic carbocycles. The van der Waals surface area contributed by atoms with Crippen molar-refractivity contribution in [1.82, 2.24) is 4.90 Å². The van der Waals surface area contributed by atoms with Gasteiger partial charge in [-0.05, 0) is 37.0 Å². The second-order valence-electron chi connectivity index (χ2n) is 6.56. The lowest BCUT2D eigenvalue weighted by Crippen LogP contribution is -2.46. The monoisotopic (exact) mass is 268 g/mol. The molecule has 5 nitrogen and oxygen atoms in total. The van der Waals surface area contributed by atoms with Gasteiger partial charge in [0.1, 0.15) is 0 Å². The second-order valence-corrected chi connectivity index (χ2v) is 6.56. The van der Waals surface area contributed by atoms with Crippen molar-refractivity contribution in [2.24, 2.45) is 23.0 Å². The van der Waals surface area contributed by atoms with Gasteiger partial charge in [-0.1, -0.05) is 13.8 Å². The maximum atomic E-state index is 12.2. The summed E-state index contributed by atoms with van der Waals surface area (Å²) in [4.78, 5) is 25.1. The van der Waals surface area contributed by atoms with Crippen LogP contribution in [-0.2, 0) is 9.59 Å². The Labute approximate surface area is 114 Å². The van der Waals surface area contributed by atoms with E-state index in [1.807, 2.05) is 18.7 Å². The van der Waals surface area contributed by atoms with Crippen LogP contribution in [0.2, 0.25) is 0 Å². The van der Waals surface area contributed by atoms with Crippen LogP contribution in [0, 0.1) is 17.3 Å². The zero-order chi connectivity index (χ0) is 14.2. The molecule has 2 fully saturated rings. The van der Waals surface area contributed by atoms with Gasteiger partial charge in [-0.25, -0.2) is 0 Å². The number of nitrogens with two attached hydrogens (primary N) is 1. The van der Waals surface area contributed by atoms with E-state index < -0.39 is 12.0 Å². The van der Waals surface area contributed by atoms with Crippen molar-refractivity contribution in [1.29, 1.82) is 0 Å². The van der Waals surface area contributed by atoms with Gasteiger partial charge in [0, 0.05) is 13.1 Å². The third kappa shape index (κ3) is 2.76. The van der Waals surface area contributed by atoms with Crippen LogP contribution in [-0.4, -0.2) is 41.0 Å². The first-order valence-corrected chi connectivity index (χ1v) is 7.12. The van der Waals surface area contributed by atoms with Gasteiger partial charge in [-0.3, -0.25) is 9.59 Å². The topological polar surface area (TPSA) is 83.6 Å². The number of carbonyl (C=O) groups excluding carboxylic acids is 1. The van der Waals surface area contributed by atoms with E-state index in [4.69, 9.17) is 10.8 Å². The summed E-state index contributed by atoms with van der Waals surface area (Å²) in [5.41, 5.74) is 5.95. The second kappa shape index (κ2) is 5.12. The molecule has 108 valence electrons. The molecule has 2 aliphatic rings. The molecule has 19 heavy (non-hydrogen) atoms. The third-order valence-electron chi connectivity index (χ3n) is 4.81. The Kier molecular flexibility index (Phi) is 3.85. The number of carboxylic acids is 1. The molecule has 1 heterocycles. The Morgan fingerprint density at radius 2 is 2.05 bits per heavy atom. The van der Waals surface area contributed by atoms with Gasteiger partial charge < -0.3 is 15.7 Å². The van der Waals surface area contributed by atoms with Crippen LogP contribution in [0.5, 0.6) is 0 Å². The highest BCUT2D eigenvalue weighted by Gasteiger charge is 2.47. The molecule has 3 N–H and O–H groups in total. The Morgan fingerprint density at radius 3 is 2.58 bits per heavy atom. The lowest BCUT2D eigenvalue weighted by Gasteiger charge is -2.26. The molecular weight excluding hydrogens is 244 g/mol. The van der Waals surface area contributed by atoms with Crippen molar-refractivity contribution < 1.29 is 14.7 Å². The zero-order valence-electron chi connectivity index (χ0n) is 11.8. The number of amides is 1. The minimum atomic E-state index is -0.694. The normalized spacial score (nSPS) is 32.2. The van der Waals surface area contributed by atoms with Crippen molar-refractivity contribution >= 4 is 11.9 Å². The zero-order valence-corrected chi connectivity index (χ0v) is 11.8. The van der Waals surface area contributed by atoms with Crippen LogP contribution in [0.4, 0.5) is 0 Å². The van der Waals surface area contributed by atoms with Gasteiger partial charge in [-0.15, -0.1) is 0 Å². The number of likely N-dealkylation sites (tertiary alicyclic amines) is 1. The summed E-state index contributed by atoms with van der Waals surface area (Å²) >= 11 is 0. The largest absolute Gasteiger partial charge is 0.481 e. The molecule has 3 atom stereocenters. The molecule has 2 rings (SSSR count). The van der Waals surface area contributed by atoms with Gasteiger partial charge in [0.15, 0.2) is 0 Å². The first-order valence-electron chi connectivity index (χ1n) is 7.12. The molecule has 1 amide bonds. The smallest absolute Gasteiger partial charge is 0.306 e. The van der Waals surface area contributed by atoms with Crippen LogP contribution in [0.3, 0.4) is 0 Å². The average Bonchev–Trinajstić information content (AvgIpc) is 2.96. The number of aliphatic carboxylic acids is 1. The fraction of sp³-hybridized carbons (Fsp3) is 0.857. The predicted molar refractivity (Wildman–Crippen MR) is 71.4 cm³/mol. The SMILES string of the molecule is CC(C)[C@H](N)C(=O)N1CC[C@@]2(CC[C@@H](C(=O)O)C2)C1. The quantitative estimate of drug-likeness (QED) is 0.802. The molecule has 0 aromatic heterocycles. The van der Waals surface area contributed by atoms with E-state index in [1.165, 1.54) is 0 Å². The van der Waals surface area contributed by atoms with Gasteiger partial charge in [0.25, 0.3) is 0 Å². The highest BCUT2D eigenvalue weighted by Crippen LogP contribution is 2.48. The molecule has 0 radical (unpaired) electrons. The van der Waals surface area contributed by atoms with Gasteiger partial charge >= 0.3 is 5.97 Å². The number of hydrogen-bond acceptors (Lipinski definition) is 3. The van der Waals surface area contributed by atoms with Crippen molar-refractivity contribution in [2.75, 3.05) is 13.1 Å². The number of nitrogens with zero attached hydrogens (tertiary/aromatic N) is 1. The summed E-state index contributed by atoms with van der Waals surface area (Å²) in [5, 5.41) is 9.09. The van der Waals surface area contributed by atoms with Crippen LogP contribution in [0.15, 0.2) is 0 Å². The summed E-state index contributed by atoms with van der Waals surface area (Å²) in [6.07, 6.45) is 3.30. The van der Waals surface area contributed by atoms with E-state index in [-0.39, 0.29) is 23.2 Å².